The van der Waals surface area contributed by atoms with Gasteiger partial charge in [-0.15, -0.1) is 0 Å². The van der Waals surface area contributed by atoms with E-state index in [9.17, 15) is 0 Å². The Kier molecular flexibility index (Phi) is 5.86. The van der Waals surface area contributed by atoms with Gasteiger partial charge in [0.05, 0.1) is 11.4 Å². The van der Waals surface area contributed by atoms with Crippen LogP contribution in [0.1, 0.15) is 29.3 Å². The third kappa shape index (κ3) is 3.89. The van der Waals surface area contributed by atoms with Crippen LogP contribution in [0.4, 0.5) is 8.63 Å². The van der Waals surface area contributed by atoms with Gasteiger partial charge in [-0.05, 0) is 39.6 Å². The first-order chi connectivity index (χ1) is 21.1. The summed E-state index contributed by atoms with van der Waals surface area (Å²) in [5.74, 6) is 0. The van der Waals surface area contributed by atoms with E-state index >= 15 is 8.63 Å². The summed E-state index contributed by atoms with van der Waals surface area (Å²) in [5.41, 5.74) is 7.02. The van der Waals surface area contributed by atoms with E-state index in [4.69, 9.17) is 4.99 Å². The molecule has 1 aromatic heterocycles. The third-order valence-electron chi connectivity index (χ3n) is 8.55. The molecule has 0 amide bonds. The lowest BCUT2D eigenvalue weighted by molar-refractivity contribution is 0.630. The van der Waals surface area contributed by atoms with Gasteiger partial charge >= 0.3 is 7.40 Å². The number of benzene rings is 6. The average Bonchev–Trinajstić information content (AvgIpc) is 3.63. The number of aromatic nitrogens is 1. The van der Waals surface area contributed by atoms with E-state index in [1.54, 1.807) is 0 Å². The molecule has 0 spiro atoms. The number of halogens is 2. The second-order valence-electron chi connectivity index (χ2n) is 10.9. The second-order valence-corrected chi connectivity index (χ2v) is 10.9. The van der Waals surface area contributed by atoms with Crippen molar-refractivity contribution in [3.63, 3.8) is 0 Å². The maximum atomic E-state index is 15.4. The minimum absolute atomic E-state index is 0.488. The zero-order valence-corrected chi connectivity index (χ0v) is 23.4. The summed E-state index contributed by atoms with van der Waals surface area (Å²) in [6, 6.07) is 44.1. The number of rotatable bonds is 4. The Morgan fingerprint density at radius 3 is 1.88 bits per heavy atom. The quantitative estimate of drug-likeness (QED) is 0.191. The number of hydrogen-bond acceptors (Lipinski definition) is 1. The van der Waals surface area contributed by atoms with Gasteiger partial charge in [0.1, 0.15) is 0 Å². The summed E-state index contributed by atoms with van der Waals surface area (Å²) in [5, 5.41) is 5.77. The van der Waals surface area contributed by atoms with Crippen molar-refractivity contribution in [2.75, 3.05) is 0 Å². The molecule has 0 saturated heterocycles. The molecule has 2 heterocycles. The van der Waals surface area contributed by atoms with E-state index in [0.29, 0.717) is 22.7 Å². The Balaban J connectivity index is 1.52. The topological polar surface area (TPSA) is 17.3 Å². The number of aliphatic imine (C=N–C) groups is 1. The molecule has 6 aromatic carbocycles. The molecule has 0 aliphatic carbocycles. The van der Waals surface area contributed by atoms with Crippen LogP contribution >= 0.6 is 0 Å². The standard InChI is InChI=1S/C38H25BF2N2/c1-24(35-31-22-20-25-12-8-10-18-29(25)33(31)36(42-35)27-14-4-2-5-15-27)37-32-23-21-26-13-9-11-19-30(26)34(32)38(43(37)39(40)41)28-16-6-3-7-17-28/h2-23H,1H3/b35-24-. The summed E-state index contributed by atoms with van der Waals surface area (Å²) >= 11 is 0. The van der Waals surface area contributed by atoms with Crippen molar-refractivity contribution in [1.82, 2.24) is 4.48 Å². The molecule has 0 unspecified atom stereocenters. The highest BCUT2D eigenvalue weighted by atomic mass is 19.2. The molecular weight excluding hydrogens is 533 g/mol. The van der Waals surface area contributed by atoms with Crippen molar-refractivity contribution >= 4 is 56.7 Å². The summed E-state index contributed by atoms with van der Waals surface area (Å²) < 4.78 is 32.0. The van der Waals surface area contributed by atoms with Gasteiger partial charge in [-0.1, -0.05) is 133 Å². The van der Waals surface area contributed by atoms with Gasteiger partial charge in [0.2, 0.25) is 0 Å². The van der Waals surface area contributed by atoms with Crippen molar-refractivity contribution in [2.45, 2.75) is 6.92 Å². The lowest BCUT2D eigenvalue weighted by atomic mass is 9.92. The van der Waals surface area contributed by atoms with E-state index < -0.39 is 7.40 Å². The minimum Gasteiger partial charge on any atom is -0.324 e. The monoisotopic (exact) mass is 558 g/mol. The molecule has 7 aromatic rings. The molecule has 0 N–H and O–H groups in total. The largest absolute Gasteiger partial charge is 0.678 e. The van der Waals surface area contributed by atoms with E-state index in [1.165, 1.54) is 4.48 Å². The van der Waals surface area contributed by atoms with Crippen LogP contribution in [0.15, 0.2) is 138 Å². The van der Waals surface area contributed by atoms with Gasteiger partial charge < -0.3 is 4.48 Å². The van der Waals surface area contributed by atoms with Crippen molar-refractivity contribution in [2.24, 2.45) is 4.99 Å². The molecule has 1 aliphatic heterocycles. The fraction of sp³-hybridized carbons (Fsp3) is 0.0263. The van der Waals surface area contributed by atoms with Gasteiger partial charge in [0, 0.05) is 38.9 Å². The maximum Gasteiger partial charge on any atom is 0.678 e. The van der Waals surface area contributed by atoms with E-state index in [-0.39, 0.29) is 0 Å². The fourth-order valence-corrected chi connectivity index (χ4v) is 6.70. The highest BCUT2D eigenvalue weighted by Crippen LogP contribution is 2.46. The summed E-state index contributed by atoms with van der Waals surface area (Å²) in [6.45, 7) is 1.93. The molecule has 204 valence electrons. The number of hydrogen-bond donors (Lipinski definition) is 0. The van der Waals surface area contributed by atoms with Crippen molar-refractivity contribution in [1.29, 1.82) is 0 Å². The third-order valence-corrected chi connectivity index (χ3v) is 8.55. The first-order valence-corrected chi connectivity index (χ1v) is 14.4. The van der Waals surface area contributed by atoms with Crippen LogP contribution in [-0.4, -0.2) is 17.6 Å². The van der Waals surface area contributed by atoms with Crippen LogP contribution in [0.3, 0.4) is 0 Å². The van der Waals surface area contributed by atoms with Gasteiger partial charge in [-0.3, -0.25) is 8.63 Å². The lowest BCUT2D eigenvalue weighted by Crippen LogP contribution is -2.17. The van der Waals surface area contributed by atoms with Crippen LogP contribution in [0.2, 0.25) is 0 Å². The SMILES string of the molecule is C/C(=C1/N=C(c2ccccc2)c2c1ccc1ccccc21)c1c2ccc3ccccc3c2c(-c2ccccc2)n1B(F)F. The summed E-state index contributed by atoms with van der Waals surface area (Å²) in [4.78, 5) is 5.24. The number of fused-ring (bicyclic) bond motifs is 6. The number of nitrogens with zero attached hydrogens (tertiary/aromatic N) is 2. The van der Waals surface area contributed by atoms with Gasteiger partial charge in [0.25, 0.3) is 0 Å². The van der Waals surface area contributed by atoms with Crippen LogP contribution in [0, 0.1) is 0 Å². The molecule has 5 heteroatoms. The molecule has 2 nitrogen and oxygen atoms in total. The molecule has 0 saturated carbocycles. The smallest absolute Gasteiger partial charge is 0.324 e. The lowest BCUT2D eigenvalue weighted by Gasteiger charge is -2.13. The Morgan fingerprint density at radius 2 is 1.19 bits per heavy atom. The maximum absolute atomic E-state index is 15.4. The number of allylic oxidation sites excluding steroid dienone is 1. The predicted octanol–water partition coefficient (Wildman–Crippen LogP) is 10.1. The molecule has 1 aliphatic rings. The molecule has 43 heavy (non-hydrogen) atoms. The zero-order chi connectivity index (χ0) is 29.1. The van der Waals surface area contributed by atoms with Crippen molar-refractivity contribution in [3.8, 4) is 11.3 Å². The van der Waals surface area contributed by atoms with E-state index in [2.05, 4.69) is 36.4 Å². The van der Waals surface area contributed by atoms with Crippen LogP contribution in [0.25, 0.3) is 54.8 Å². The van der Waals surface area contributed by atoms with Crippen LogP contribution in [0.5, 0.6) is 0 Å². The normalized spacial score (nSPS) is 13.9. The summed E-state index contributed by atoms with van der Waals surface area (Å²) in [6.07, 6.45) is 0. The van der Waals surface area contributed by atoms with E-state index in [1.807, 2.05) is 104 Å². The van der Waals surface area contributed by atoms with Crippen LogP contribution in [-0.2, 0) is 0 Å². The Morgan fingerprint density at radius 1 is 0.605 bits per heavy atom. The fourth-order valence-electron chi connectivity index (χ4n) is 6.70. The second kappa shape index (κ2) is 9.92. The highest BCUT2D eigenvalue weighted by molar-refractivity contribution is 6.44. The molecule has 0 fully saturated rings. The van der Waals surface area contributed by atoms with Crippen LogP contribution < -0.4 is 0 Å². The van der Waals surface area contributed by atoms with Gasteiger partial charge in [0.15, 0.2) is 0 Å². The van der Waals surface area contributed by atoms with Gasteiger partial charge in [-0.2, -0.15) is 0 Å². The van der Waals surface area contributed by atoms with Gasteiger partial charge in [-0.25, -0.2) is 4.99 Å². The van der Waals surface area contributed by atoms with E-state index in [0.717, 1.165) is 60.3 Å². The average molecular weight is 558 g/mol. The molecule has 8 rings (SSSR count). The zero-order valence-electron chi connectivity index (χ0n) is 23.4. The highest BCUT2D eigenvalue weighted by Gasteiger charge is 2.33. The Labute approximate surface area is 248 Å². The predicted molar refractivity (Wildman–Crippen MR) is 177 cm³/mol. The first kappa shape index (κ1) is 25.4. The molecule has 0 bridgehead atoms. The Bertz CT molecular complexity index is 2270. The molecule has 0 radical (unpaired) electrons. The van der Waals surface area contributed by atoms with Crippen molar-refractivity contribution < 1.29 is 8.63 Å². The molecular formula is C38H25BF2N2. The minimum atomic E-state index is -2.76. The van der Waals surface area contributed by atoms with Crippen molar-refractivity contribution in [3.05, 3.63) is 156 Å². The first-order valence-electron chi connectivity index (χ1n) is 14.4. The summed E-state index contributed by atoms with van der Waals surface area (Å²) in [7, 11) is -2.76. The molecule has 0 atom stereocenters. The Hall–Kier alpha value is -5.29.